The summed E-state index contributed by atoms with van der Waals surface area (Å²) in [6.07, 6.45) is 3.07. The van der Waals surface area contributed by atoms with Gasteiger partial charge in [0.1, 0.15) is 10.2 Å². The molecule has 0 saturated heterocycles. The zero-order chi connectivity index (χ0) is 13.4. The Morgan fingerprint density at radius 3 is 2.67 bits per heavy atom. The lowest BCUT2D eigenvalue weighted by Crippen LogP contribution is -2.42. The molecule has 0 radical (unpaired) electrons. The number of carbonyl (C=O) groups excluding carboxylic acids is 1. The molecule has 2 rings (SSSR count). The molecule has 1 saturated carbocycles. The molecular formula is C13H17BrN2O2. The highest BCUT2D eigenvalue weighted by Gasteiger charge is 2.49. The number of aromatic nitrogens is 1. The number of hydrogen-bond acceptors (Lipinski definition) is 3. The second-order valence-electron chi connectivity index (χ2n) is 5.63. The molecule has 1 aliphatic rings. The van der Waals surface area contributed by atoms with E-state index in [2.05, 4.69) is 26.2 Å². The number of hydrogen-bond donors (Lipinski definition) is 1. The van der Waals surface area contributed by atoms with Crippen LogP contribution in [0.4, 0.5) is 4.79 Å². The second kappa shape index (κ2) is 4.53. The SMILES string of the molecule is CC(C)(C)NC(=O)OC1(c2ccnc(Br)c2)CC1. The Hall–Kier alpha value is -1.10. The van der Waals surface area contributed by atoms with E-state index in [0.717, 1.165) is 23.0 Å². The van der Waals surface area contributed by atoms with Crippen molar-refractivity contribution < 1.29 is 9.53 Å². The zero-order valence-corrected chi connectivity index (χ0v) is 12.4. The average molecular weight is 313 g/mol. The molecule has 0 atom stereocenters. The Bertz CT molecular complexity index is 464. The van der Waals surface area contributed by atoms with Crippen molar-refractivity contribution in [3.8, 4) is 0 Å². The second-order valence-corrected chi connectivity index (χ2v) is 6.44. The minimum absolute atomic E-state index is 0.286. The van der Waals surface area contributed by atoms with Gasteiger partial charge in [-0.2, -0.15) is 0 Å². The Kier molecular flexibility index (Phi) is 3.36. The van der Waals surface area contributed by atoms with Crippen molar-refractivity contribution in [3.63, 3.8) is 0 Å². The van der Waals surface area contributed by atoms with Gasteiger partial charge in [0.05, 0.1) is 0 Å². The molecule has 5 heteroatoms. The molecule has 1 N–H and O–H groups in total. The largest absolute Gasteiger partial charge is 0.438 e. The summed E-state index contributed by atoms with van der Waals surface area (Å²) in [5.41, 5.74) is 0.251. The minimum Gasteiger partial charge on any atom is -0.438 e. The van der Waals surface area contributed by atoms with Gasteiger partial charge in [0.2, 0.25) is 0 Å². The Morgan fingerprint density at radius 1 is 1.50 bits per heavy atom. The highest BCUT2D eigenvalue weighted by molar-refractivity contribution is 9.10. The van der Waals surface area contributed by atoms with E-state index in [0.29, 0.717) is 0 Å². The van der Waals surface area contributed by atoms with Crippen LogP contribution in [-0.4, -0.2) is 16.6 Å². The van der Waals surface area contributed by atoms with Gasteiger partial charge < -0.3 is 10.1 Å². The summed E-state index contributed by atoms with van der Waals surface area (Å²) in [6, 6.07) is 3.79. The molecular weight excluding hydrogens is 296 g/mol. The number of amides is 1. The molecule has 1 heterocycles. The quantitative estimate of drug-likeness (QED) is 0.852. The van der Waals surface area contributed by atoms with Crippen LogP contribution in [0.5, 0.6) is 0 Å². The first-order valence-corrected chi connectivity index (χ1v) is 6.73. The van der Waals surface area contributed by atoms with Gasteiger partial charge in [-0.1, -0.05) is 0 Å². The maximum Gasteiger partial charge on any atom is 0.408 e. The third kappa shape index (κ3) is 3.22. The van der Waals surface area contributed by atoms with Crippen LogP contribution in [0.25, 0.3) is 0 Å². The summed E-state index contributed by atoms with van der Waals surface area (Å²) in [5.74, 6) is 0. The lowest BCUT2D eigenvalue weighted by molar-refractivity contribution is 0.0754. The van der Waals surface area contributed by atoms with E-state index in [9.17, 15) is 4.79 Å². The molecule has 98 valence electrons. The lowest BCUT2D eigenvalue weighted by Gasteiger charge is -2.23. The molecule has 1 aromatic heterocycles. The molecule has 0 spiro atoms. The lowest BCUT2D eigenvalue weighted by atomic mass is 10.1. The molecule has 0 unspecified atom stereocenters. The third-order valence-corrected chi connectivity index (χ3v) is 3.16. The van der Waals surface area contributed by atoms with Crippen molar-refractivity contribution in [1.82, 2.24) is 10.3 Å². The van der Waals surface area contributed by atoms with Crippen molar-refractivity contribution in [2.45, 2.75) is 44.8 Å². The molecule has 1 amide bonds. The van der Waals surface area contributed by atoms with Gasteiger partial charge in [-0.3, -0.25) is 0 Å². The number of ether oxygens (including phenoxy) is 1. The summed E-state index contributed by atoms with van der Waals surface area (Å²) in [7, 11) is 0. The fourth-order valence-electron chi connectivity index (χ4n) is 1.76. The number of carbonyl (C=O) groups is 1. The molecule has 0 aromatic carbocycles. The fourth-order valence-corrected chi connectivity index (χ4v) is 2.12. The van der Waals surface area contributed by atoms with Crippen LogP contribution in [-0.2, 0) is 10.3 Å². The number of alkyl carbamates (subject to hydrolysis) is 1. The Morgan fingerprint density at radius 2 is 2.17 bits per heavy atom. The van der Waals surface area contributed by atoms with Crippen LogP contribution in [0.15, 0.2) is 22.9 Å². The predicted molar refractivity (Wildman–Crippen MR) is 72.2 cm³/mol. The van der Waals surface area contributed by atoms with Gasteiger partial charge in [0, 0.05) is 11.7 Å². The fraction of sp³-hybridized carbons (Fsp3) is 0.538. The van der Waals surface area contributed by atoms with Crippen molar-refractivity contribution in [2.75, 3.05) is 0 Å². The monoisotopic (exact) mass is 312 g/mol. The summed E-state index contributed by atoms with van der Waals surface area (Å²) in [4.78, 5) is 15.9. The van der Waals surface area contributed by atoms with Crippen LogP contribution in [0.2, 0.25) is 0 Å². The Labute approximate surface area is 115 Å². The van der Waals surface area contributed by atoms with Crippen LogP contribution < -0.4 is 5.32 Å². The number of nitrogens with one attached hydrogen (secondary N) is 1. The number of pyridine rings is 1. The van der Waals surface area contributed by atoms with Gasteiger partial charge in [0.15, 0.2) is 0 Å². The van der Waals surface area contributed by atoms with Gasteiger partial charge in [-0.25, -0.2) is 9.78 Å². The summed E-state index contributed by atoms with van der Waals surface area (Å²) in [6.45, 7) is 5.78. The minimum atomic E-state index is -0.458. The number of nitrogens with zero attached hydrogens (tertiary/aromatic N) is 1. The van der Waals surface area contributed by atoms with E-state index in [1.807, 2.05) is 32.9 Å². The van der Waals surface area contributed by atoms with E-state index in [-0.39, 0.29) is 11.6 Å². The van der Waals surface area contributed by atoms with Gasteiger partial charge in [-0.05, 0) is 67.2 Å². The molecule has 1 fully saturated rings. The molecule has 0 aliphatic heterocycles. The smallest absolute Gasteiger partial charge is 0.408 e. The molecule has 1 aliphatic carbocycles. The highest BCUT2D eigenvalue weighted by atomic mass is 79.9. The standard InChI is InChI=1S/C13H17BrN2O2/c1-12(2,3)16-11(17)18-13(5-6-13)9-4-7-15-10(14)8-9/h4,7-8H,5-6H2,1-3H3,(H,16,17). The van der Waals surface area contributed by atoms with Crippen molar-refractivity contribution in [2.24, 2.45) is 0 Å². The first-order chi connectivity index (χ1) is 8.31. The van der Waals surface area contributed by atoms with Gasteiger partial charge in [0.25, 0.3) is 0 Å². The Balaban J connectivity index is 2.07. The first kappa shape index (κ1) is 13.3. The zero-order valence-electron chi connectivity index (χ0n) is 10.8. The van der Waals surface area contributed by atoms with E-state index >= 15 is 0 Å². The third-order valence-electron chi connectivity index (χ3n) is 2.72. The van der Waals surface area contributed by atoms with Crippen molar-refractivity contribution in [1.29, 1.82) is 0 Å². The summed E-state index contributed by atoms with van der Waals surface area (Å²) in [5, 5.41) is 2.81. The van der Waals surface area contributed by atoms with Crippen molar-refractivity contribution >= 4 is 22.0 Å². The summed E-state index contributed by atoms with van der Waals surface area (Å²) < 4.78 is 6.32. The number of rotatable bonds is 2. The highest BCUT2D eigenvalue weighted by Crippen LogP contribution is 2.49. The molecule has 18 heavy (non-hydrogen) atoms. The normalized spacial score (nSPS) is 17.1. The molecule has 1 aromatic rings. The van der Waals surface area contributed by atoms with Crippen LogP contribution in [0, 0.1) is 0 Å². The van der Waals surface area contributed by atoms with Crippen LogP contribution in [0.1, 0.15) is 39.2 Å². The number of halogens is 1. The van der Waals surface area contributed by atoms with E-state index in [1.165, 1.54) is 0 Å². The maximum absolute atomic E-state index is 11.8. The molecule has 4 nitrogen and oxygen atoms in total. The van der Waals surface area contributed by atoms with Crippen LogP contribution in [0.3, 0.4) is 0 Å². The average Bonchev–Trinajstić information content (AvgIpc) is 2.95. The van der Waals surface area contributed by atoms with E-state index < -0.39 is 5.60 Å². The van der Waals surface area contributed by atoms with Gasteiger partial charge >= 0.3 is 6.09 Å². The van der Waals surface area contributed by atoms with E-state index in [4.69, 9.17) is 4.74 Å². The topological polar surface area (TPSA) is 51.2 Å². The van der Waals surface area contributed by atoms with Crippen LogP contribution >= 0.6 is 15.9 Å². The van der Waals surface area contributed by atoms with Crippen molar-refractivity contribution in [3.05, 3.63) is 28.5 Å². The first-order valence-electron chi connectivity index (χ1n) is 5.94. The predicted octanol–water partition coefficient (Wildman–Crippen LogP) is 3.36. The van der Waals surface area contributed by atoms with Gasteiger partial charge in [-0.15, -0.1) is 0 Å². The van der Waals surface area contributed by atoms with E-state index in [1.54, 1.807) is 6.20 Å². The molecule has 0 bridgehead atoms. The summed E-state index contributed by atoms with van der Waals surface area (Å²) >= 11 is 3.33. The maximum atomic E-state index is 11.8.